The number of likely N-dealkylation sites (N-methyl/N-ethyl adjacent to an activating group) is 1. The van der Waals surface area contributed by atoms with Gasteiger partial charge in [-0.2, -0.15) is 0 Å². The van der Waals surface area contributed by atoms with Crippen LogP contribution in [-0.2, 0) is 11.2 Å². The molecule has 2 atom stereocenters. The molecule has 23 heavy (non-hydrogen) atoms. The molecule has 1 aromatic carbocycles. The van der Waals surface area contributed by atoms with Gasteiger partial charge >= 0.3 is 5.97 Å². The van der Waals surface area contributed by atoms with E-state index in [-0.39, 0.29) is 12.0 Å². The second-order valence-corrected chi connectivity index (χ2v) is 6.87. The van der Waals surface area contributed by atoms with Crippen LogP contribution in [0.3, 0.4) is 0 Å². The van der Waals surface area contributed by atoms with Crippen molar-refractivity contribution < 1.29 is 9.90 Å². The average molecular weight is 317 g/mol. The Morgan fingerprint density at radius 2 is 1.91 bits per heavy atom. The van der Waals surface area contributed by atoms with Gasteiger partial charge in [-0.25, -0.2) is 0 Å². The van der Waals surface area contributed by atoms with Crippen molar-refractivity contribution in [2.75, 3.05) is 46.3 Å². The molecule has 2 N–H and O–H groups in total. The first-order valence-electron chi connectivity index (χ1n) is 8.58. The number of piperazine rings is 1. The SMILES string of the molecule is CN1CCN(CCc2ccc(C3CC(C(=O)O)CN3)cc2)CC1. The van der Waals surface area contributed by atoms with E-state index >= 15 is 0 Å². The molecule has 0 aromatic heterocycles. The maximum atomic E-state index is 11.0. The summed E-state index contributed by atoms with van der Waals surface area (Å²) in [5.41, 5.74) is 2.57. The zero-order valence-corrected chi connectivity index (χ0v) is 13.9. The molecule has 0 aliphatic carbocycles. The predicted octanol–water partition coefficient (Wildman–Crippen LogP) is 1.21. The van der Waals surface area contributed by atoms with Gasteiger partial charge in [0.05, 0.1) is 5.92 Å². The molecule has 5 heteroatoms. The number of hydrogen-bond acceptors (Lipinski definition) is 4. The van der Waals surface area contributed by atoms with Gasteiger partial charge in [-0.15, -0.1) is 0 Å². The lowest BCUT2D eigenvalue weighted by atomic mass is 9.98. The van der Waals surface area contributed by atoms with E-state index < -0.39 is 5.97 Å². The van der Waals surface area contributed by atoms with Crippen molar-refractivity contribution in [3.05, 3.63) is 35.4 Å². The Bertz CT molecular complexity index is 524. The molecular formula is C18H27N3O2. The van der Waals surface area contributed by atoms with Gasteiger partial charge in [0.2, 0.25) is 0 Å². The summed E-state index contributed by atoms with van der Waals surface area (Å²) in [6.45, 7) is 6.35. The van der Waals surface area contributed by atoms with Crippen LogP contribution < -0.4 is 5.32 Å². The van der Waals surface area contributed by atoms with E-state index in [0.29, 0.717) is 13.0 Å². The van der Waals surface area contributed by atoms with Gasteiger partial charge < -0.3 is 20.2 Å². The average Bonchev–Trinajstić information content (AvgIpc) is 3.05. The fourth-order valence-electron chi connectivity index (χ4n) is 3.45. The van der Waals surface area contributed by atoms with Crippen LogP contribution in [0, 0.1) is 5.92 Å². The van der Waals surface area contributed by atoms with Crippen LogP contribution in [0.15, 0.2) is 24.3 Å². The van der Waals surface area contributed by atoms with Crippen LogP contribution in [-0.4, -0.2) is 67.2 Å². The lowest BCUT2D eigenvalue weighted by molar-refractivity contribution is -0.141. The highest BCUT2D eigenvalue weighted by molar-refractivity contribution is 5.70. The standard InChI is InChI=1S/C18H27N3O2/c1-20-8-10-21(11-9-20)7-6-14-2-4-15(5-3-14)17-12-16(13-19-17)18(22)23/h2-5,16-17,19H,6-13H2,1H3,(H,22,23). The Morgan fingerprint density at radius 1 is 1.22 bits per heavy atom. The molecule has 2 saturated heterocycles. The molecule has 0 bridgehead atoms. The van der Waals surface area contributed by atoms with Crippen molar-refractivity contribution in [2.24, 2.45) is 5.92 Å². The topological polar surface area (TPSA) is 55.8 Å². The number of rotatable bonds is 5. The van der Waals surface area contributed by atoms with E-state index in [2.05, 4.69) is 46.4 Å². The van der Waals surface area contributed by atoms with Gasteiger partial charge in [-0.1, -0.05) is 24.3 Å². The van der Waals surface area contributed by atoms with Crippen molar-refractivity contribution in [2.45, 2.75) is 18.9 Å². The number of benzene rings is 1. The van der Waals surface area contributed by atoms with Crippen LogP contribution in [0.2, 0.25) is 0 Å². The summed E-state index contributed by atoms with van der Waals surface area (Å²) in [4.78, 5) is 16.0. The third-order valence-corrected chi connectivity index (χ3v) is 5.17. The third-order valence-electron chi connectivity index (χ3n) is 5.17. The van der Waals surface area contributed by atoms with Crippen LogP contribution >= 0.6 is 0 Å². The summed E-state index contributed by atoms with van der Waals surface area (Å²) in [5, 5.41) is 12.4. The van der Waals surface area contributed by atoms with Gasteiger partial charge in [0.15, 0.2) is 0 Å². The minimum absolute atomic E-state index is 0.183. The molecule has 2 unspecified atom stereocenters. The zero-order chi connectivity index (χ0) is 16.2. The highest BCUT2D eigenvalue weighted by atomic mass is 16.4. The molecule has 126 valence electrons. The summed E-state index contributed by atoms with van der Waals surface area (Å²) in [6, 6.07) is 8.88. The Kier molecular flexibility index (Phi) is 5.30. The first-order chi connectivity index (χ1) is 11.1. The van der Waals surface area contributed by atoms with Crippen LogP contribution in [0.4, 0.5) is 0 Å². The molecular weight excluding hydrogens is 290 g/mol. The Balaban J connectivity index is 1.48. The van der Waals surface area contributed by atoms with Crippen molar-refractivity contribution in [3.8, 4) is 0 Å². The first-order valence-corrected chi connectivity index (χ1v) is 8.58. The van der Waals surface area contributed by atoms with Gasteiger partial charge in [-0.3, -0.25) is 4.79 Å². The summed E-state index contributed by atoms with van der Waals surface area (Å²) in [7, 11) is 2.18. The number of hydrogen-bond donors (Lipinski definition) is 2. The lowest BCUT2D eigenvalue weighted by Gasteiger charge is -2.32. The van der Waals surface area contributed by atoms with Crippen molar-refractivity contribution in [1.82, 2.24) is 15.1 Å². The predicted molar refractivity (Wildman–Crippen MR) is 90.6 cm³/mol. The van der Waals surface area contributed by atoms with Crippen molar-refractivity contribution in [1.29, 1.82) is 0 Å². The number of carboxylic acid groups (broad SMARTS) is 1. The fourth-order valence-corrected chi connectivity index (χ4v) is 3.45. The number of aliphatic carboxylic acids is 1. The van der Waals surface area contributed by atoms with E-state index in [1.165, 1.54) is 11.1 Å². The quantitative estimate of drug-likeness (QED) is 0.855. The van der Waals surface area contributed by atoms with Gasteiger partial charge in [0, 0.05) is 45.3 Å². The first kappa shape index (κ1) is 16.4. The van der Waals surface area contributed by atoms with E-state index in [1.54, 1.807) is 0 Å². The van der Waals surface area contributed by atoms with E-state index in [9.17, 15) is 4.79 Å². The summed E-state index contributed by atoms with van der Waals surface area (Å²) in [6.07, 6.45) is 1.77. The minimum atomic E-state index is -0.691. The molecule has 2 heterocycles. The normalized spacial score (nSPS) is 26.5. The van der Waals surface area contributed by atoms with E-state index in [0.717, 1.165) is 39.1 Å². The largest absolute Gasteiger partial charge is 0.481 e. The Morgan fingerprint density at radius 3 is 2.52 bits per heavy atom. The minimum Gasteiger partial charge on any atom is -0.481 e. The van der Waals surface area contributed by atoms with E-state index in [4.69, 9.17) is 5.11 Å². The lowest BCUT2D eigenvalue weighted by Crippen LogP contribution is -2.45. The Labute approximate surface area is 138 Å². The van der Waals surface area contributed by atoms with Crippen molar-refractivity contribution in [3.63, 3.8) is 0 Å². The molecule has 0 saturated carbocycles. The molecule has 2 aliphatic heterocycles. The van der Waals surface area contributed by atoms with E-state index in [1.807, 2.05) is 0 Å². The van der Waals surface area contributed by atoms with Crippen LogP contribution in [0.25, 0.3) is 0 Å². The second-order valence-electron chi connectivity index (χ2n) is 6.87. The molecule has 2 fully saturated rings. The summed E-state index contributed by atoms with van der Waals surface area (Å²) < 4.78 is 0. The Hall–Kier alpha value is -1.43. The van der Waals surface area contributed by atoms with Gasteiger partial charge in [0.25, 0.3) is 0 Å². The van der Waals surface area contributed by atoms with Crippen LogP contribution in [0.1, 0.15) is 23.6 Å². The van der Waals surface area contributed by atoms with Gasteiger partial charge in [-0.05, 0) is 31.0 Å². The number of nitrogens with zero attached hydrogens (tertiary/aromatic N) is 2. The van der Waals surface area contributed by atoms with Crippen molar-refractivity contribution >= 4 is 5.97 Å². The smallest absolute Gasteiger partial charge is 0.307 e. The zero-order valence-electron chi connectivity index (χ0n) is 13.9. The maximum absolute atomic E-state index is 11.0. The van der Waals surface area contributed by atoms with Gasteiger partial charge in [0.1, 0.15) is 0 Å². The molecule has 3 rings (SSSR count). The highest BCUT2D eigenvalue weighted by Crippen LogP contribution is 2.27. The fraction of sp³-hybridized carbons (Fsp3) is 0.611. The summed E-state index contributed by atoms with van der Waals surface area (Å²) in [5.74, 6) is -0.944. The summed E-state index contributed by atoms with van der Waals surface area (Å²) >= 11 is 0. The molecule has 5 nitrogen and oxygen atoms in total. The molecule has 1 aromatic rings. The molecule has 0 amide bonds. The monoisotopic (exact) mass is 317 g/mol. The molecule has 0 radical (unpaired) electrons. The second kappa shape index (κ2) is 7.43. The van der Waals surface area contributed by atoms with Crippen LogP contribution in [0.5, 0.6) is 0 Å². The maximum Gasteiger partial charge on any atom is 0.307 e. The third kappa shape index (κ3) is 4.31. The molecule has 0 spiro atoms. The number of carboxylic acids is 1. The number of carbonyl (C=O) groups is 1. The highest BCUT2D eigenvalue weighted by Gasteiger charge is 2.29. The number of nitrogens with one attached hydrogen (secondary N) is 1. The molecule has 2 aliphatic rings.